The quantitative estimate of drug-likeness (QED) is 0.351. The molecule has 1 atom stereocenters. The number of nitrogens with one attached hydrogen (secondary N) is 2. The summed E-state index contributed by atoms with van der Waals surface area (Å²) in [6.45, 7) is 16.2. The van der Waals surface area contributed by atoms with E-state index in [1.807, 2.05) is 0 Å². The molecule has 2 N–H and O–H groups in total. The molecule has 1 unspecified atom stereocenters. The molecule has 1 rings (SSSR count). The zero-order valence-electron chi connectivity index (χ0n) is 21.2. The molecule has 11 nitrogen and oxygen atoms in total. The van der Waals surface area contributed by atoms with Gasteiger partial charge in [-0.2, -0.15) is 5.10 Å². The van der Waals surface area contributed by atoms with Crippen LogP contribution in [0.5, 0.6) is 0 Å². The van der Waals surface area contributed by atoms with E-state index < -0.39 is 41.4 Å². The molecule has 0 aromatic carbocycles. The van der Waals surface area contributed by atoms with Crippen LogP contribution in [0, 0.1) is 0 Å². The van der Waals surface area contributed by atoms with Gasteiger partial charge < -0.3 is 19.5 Å². The Balaban J connectivity index is 3.00. The first-order valence-corrected chi connectivity index (χ1v) is 10.9. The first-order chi connectivity index (χ1) is 15.0. The minimum absolute atomic E-state index is 0.144. The normalized spacial score (nSPS) is 13.0. The average Bonchev–Trinajstić information content (AvgIpc) is 3.09. The largest absolute Gasteiger partial charge is 0.444 e. The fraction of sp³-hybridized carbons (Fsp3) is 0.727. The molecule has 0 bridgehead atoms. The summed E-state index contributed by atoms with van der Waals surface area (Å²) in [7, 11) is 0. The summed E-state index contributed by atoms with van der Waals surface area (Å²) in [6.07, 6.45) is 0.568. The zero-order valence-corrected chi connectivity index (χ0v) is 21.2. The van der Waals surface area contributed by atoms with Crippen LogP contribution in [0.1, 0.15) is 75.0 Å². The minimum atomic E-state index is -1.01. The number of carbonyl (C=O) groups excluding carboxylic acids is 3. The highest BCUT2D eigenvalue weighted by molar-refractivity contribution is 5.71. The maximum absolute atomic E-state index is 13.0. The molecular formula is C22H39N5O6. The van der Waals surface area contributed by atoms with Gasteiger partial charge in [0.05, 0.1) is 0 Å². The lowest BCUT2D eigenvalue weighted by molar-refractivity contribution is -0.00587. The number of aromatic nitrogens is 2. The van der Waals surface area contributed by atoms with E-state index in [0.717, 1.165) is 0 Å². The van der Waals surface area contributed by atoms with E-state index in [4.69, 9.17) is 14.2 Å². The standard InChI is InChI=1S/C22H39N5O6/c1-20(2,3)31-17(28)23-12-10-14-26(19(30)33-22(7,8)9)16(27-15-11-13-24-27)25-18(29)32-21(4,5)6/h11,13,15-16H,10,12,14H2,1-9H3,(H,23,28)(H,25,29). The van der Waals surface area contributed by atoms with E-state index in [2.05, 4.69) is 15.7 Å². The number of carbonyl (C=O) groups is 3. The van der Waals surface area contributed by atoms with Crippen LogP contribution in [0.3, 0.4) is 0 Å². The molecular weight excluding hydrogens is 430 g/mol. The lowest BCUT2D eigenvalue weighted by Crippen LogP contribution is -2.50. The van der Waals surface area contributed by atoms with Crippen LogP contribution in [0.2, 0.25) is 0 Å². The van der Waals surface area contributed by atoms with Crippen molar-refractivity contribution in [1.29, 1.82) is 0 Å². The van der Waals surface area contributed by atoms with Gasteiger partial charge in [-0.15, -0.1) is 0 Å². The van der Waals surface area contributed by atoms with Gasteiger partial charge in [0.15, 0.2) is 0 Å². The SMILES string of the molecule is CC(C)(C)OC(=O)NCCCN(C(=O)OC(C)(C)C)C(NC(=O)OC(C)(C)C)n1cccn1. The van der Waals surface area contributed by atoms with Crippen molar-refractivity contribution >= 4 is 18.3 Å². The molecule has 0 spiro atoms. The van der Waals surface area contributed by atoms with Crippen LogP contribution in [0.4, 0.5) is 14.4 Å². The van der Waals surface area contributed by atoms with Crippen LogP contribution in [-0.2, 0) is 14.2 Å². The van der Waals surface area contributed by atoms with Crippen molar-refractivity contribution in [2.75, 3.05) is 13.1 Å². The molecule has 0 fully saturated rings. The lowest BCUT2D eigenvalue weighted by atomic mass is 10.2. The van der Waals surface area contributed by atoms with Gasteiger partial charge in [0.25, 0.3) is 0 Å². The Morgan fingerprint density at radius 1 is 0.909 bits per heavy atom. The van der Waals surface area contributed by atoms with Crippen molar-refractivity contribution in [1.82, 2.24) is 25.3 Å². The summed E-state index contributed by atoms with van der Waals surface area (Å²) in [5.74, 6) is 0. The van der Waals surface area contributed by atoms with Crippen LogP contribution in [0.15, 0.2) is 18.5 Å². The maximum atomic E-state index is 13.0. The van der Waals surface area contributed by atoms with Crippen molar-refractivity contribution in [2.45, 2.75) is 91.8 Å². The average molecular weight is 470 g/mol. The number of amides is 3. The molecule has 0 aliphatic heterocycles. The summed E-state index contributed by atoms with van der Waals surface area (Å²) in [6, 6.07) is 1.67. The summed E-state index contributed by atoms with van der Waals surface area (Å²) < 4.78 is 17.5. The van der Waals surface area contributed by atoms with Gasteiger partial charge in [0.2, 0.25) is 6.29 Å². The third kappa shape index (κ3) is 12.0. The molecule has 1 aromatic heterocycles. The van der Waals surface area contributed by atoms with E-state index in [1.54, 1.807) is 74.6 Å². The highest BCUT2D eigenvalue weighted by Gasteiger charge is 2.32. The number of rotatable bonds is 7. The minimum Gasteiger partial charge on any atom is -0.444 e. The molecule has 1 aromatic rings. The van der Waals surface area contributed by atoms with E-state index in [9.17, 15) is 14.4 Å². The second kappa shape index (κ2) is 11.2. The van der Waals surface area contributed by atoms with Crippen LogP contribution < -0.4 is 10.6 Å². The van der Waals surface area contributed by atoms with Gasteiger partial charge in [-0.3, -0.25) is 10.2 Å². The molecule has 33 heavy (non-hydrogen) atoms. The summed E-state index contributed by atoms with van der Waals surface area (Å²) in [5.41, 5.74) is -2.10. The van der Waals surface area contributed by atoms with E-state index >= 15 is 0 Å². The Hall–Kier alpha value is -2.98. The number of nitrogens with zero attached hydrogens (tertiary/aromatic N) is 3. The van der Waals surface area contributed by atoms with Crippen molar-refractivity contribution in [2.24, 2.45) is 0 Å². The zero-order chi connectivity index (χ0) is 25.4. The highest BCUT2D eigenvalue weighted by atomic mass is 16.6. The molecule has 0 saturated carbocycles. The van der Waals surface area contributed by atoms with Crippen LogP contribution in [0.25, 0.3) is 0 Å². The molecule has 0 radical (unpaired) electrons. The second-order valence-corrected chi connectivity index (χ2v) is 10.5. The fourth-order valence-electron chi connectivity index (χ4n) is 2.51. The van der Waals surface area contributed by atoms with Gasteiger partial charge in [0, 0.05) is 25.5 Å². The highest BCUT2D eigenvalue weighted by Crippen LogP contribution is 2.18. The third-order valence-electron chi connectivity index (χ3n) is 3.59. The predicted molar refractivity (Wildman–Crippen MR) is 122 cm³/mol. The second-order valence-electron chi connectivity index (χ2n) is 10.5. The summed E-state index contributed by atoms with van der Waals surface area (Å²) in [4.78, 5) is 38.8. The first-order valence-electron chi connectivity index (χ1n) is 10.9. The van der Waals surface area contributed by atoms with Gasteiger partial charge >= 0.3 is 18.3 Å². The monoisotopic (exact) mass is 469 g/mol. The molecule has 11 heteroatoms. The summed E-state index contributed by atoms with van der Waals surface area (Å²) >= 11 is 0. The topological polar surface area (TPSA) is 124 Å². The Labute approximate surface area is 196 Å². The number of ether oxygens (including phenoxy) is 3. The predicted octanol–water partition coefficient (Wildman–Crippen LogP) is 4.02. The van der Waals surface area contributed by atoms with E-state index in [-0.39, 0.29) is 13.1 Å². The molecule has 0 saturated heterocycles. The van der Waals surface area contributed by atoms with Gasteiger partial charge in [0.1, 0.15) is 16.8 Å². The molecule has 1 heterocycles. The van der Waals surface area contributed by atoms with Gasteiger partial charge in [-0.25, -0.2) is 19.1 Å². The van der Waals surface area contributed by atoms with E-state index in [1.165, 1.54) is 15.8 Å². The van der Waals surface area contributed by atoms with Gasteiger partial charge in [-0.05, 0) is 74.8 Å². The van der Waals surface area contributed by atoms with Crippen molar-refractivity contribution in [3.8, 4) is 0 Å². The first kappa shape index (κ1) is 28.1. The van der Waals surface area contributed by atoms with Crippen LogP contribution >= 0.6 is 0 Å². The smallest absolute Gasteiger partial charge is 0.413 e. The summed E-state index contributed by atoms with van der Waals surface area (Å²) in [5, 5.41) is 9.50. The Kier molecular flexibility index (Phi) is 9.56. The van der Waals surface area contributed by atoms with Crippen molar-refractivity contribution in [3.05, 3.63) is 18.5 Å². The van der Waals surface area contributed by atoms with Crippen molar-refractivity contribution in [3.63, 3.8) is 0 Å². The Bertz CT molecular complexity index is 775. The Morgan fingerprint density at radius 3 is 1.94 bits per heavy atom. The fourth-order valence-corrected chi connectivity index (χ4v) is 2.51. The van der Waals surface area contributed by atoms with Gasteiger partial charge in [-0.1, -0.05) is 0 Å². The van der Waals surface area contributed by atoms with Crippen molar-refractivity contribution < 1.29 is 28.6 Å². The Morgan fingerprint density at radius 2 is 1.45 bits per heavy atom. The number of alkyl carbamates (subject to hydrolysis) is 2. The van der Waals surface area contributed by atoms with Crippen LogP contribution in [-0.4, -0.2) is 62.9 Å². The molecule has 0 aliphatic rings. The lowest BCUT2D eigenvalue weighted by Gasteiger charge is -2.34. The number of hydrogen-bond acceptors (Lipinski definition) is 7. The third-order valence-corrected chi connectivity index (χ3v) is 3.59. The number of hydrogen-bond donors (Lipinski definition) is 2. The van der Waals surface area contributed by atoms with E-state index in [0.29, 0.717) is 6.42 Å². The molecule has 188 valence electrons. The molecule has 3 amide bonds. The maximum Gasteiger partial charge on any atom is 0.413 e. The molecule has 0 aliphatic carbocycles.